The van der Waals surface area contributed by atoms with Crippen molar-refractivity contribution in [2.75, 3.05) is 0 Å². The molecule has 6 nitrogen and oxygen atoms in total. The molecule has 0 saturated heterocycles. The van der Waals surface area contributed by atoms with E-state index in [9.17, 15) is 0 Å². The Labute approximate surface area is 71.2 Å². The fourth-order valence-corrected chi connectivity index (χ4v) is 0. The first-order chi connectivity index (χ1) is 1.73. The molecule has 0 aliphatic rings. The number of hydrogen-bond donors (Lipinski definition) is 1. The summed E-state index contributed by atoms with van der Waals surface area (Å²) in [6, 6.07) is 0. The van der Waals surface area contributed by atoms with E-state index in [0.29, 0.717) is 0 Å². The van der Waals surface area contributed by atoms with E-state index in [4.69, 9.17) is 9.90 Å². The Morgan fingerprint density at radius 3 is 1.22 bits per heavy atom. The number of carboxylic acids is 1. The average Bonchev–Trinajstić information content (AvgIpc) is 0.811. The van der Waals surface area contributed by atoms with Crippen LogP contribution in [0.3, 0.4) is 0 Å². The second-order valence-electron chi connectivity index (χ2n) is 0.519. The van der Waals surface area contributed by atoms with Crippen LogP contribution in [0.4, 0.5) is 0 Å². The smallest absolute Gasteiger partial charge is 1.00 e. The van der Waals surface area contributed by atoms with Crippen molar-refractivity contribution in [1.29, 1.82) is 0 Å². The van der Waals surface area contributed by atoms with Crippen molar-refractivity contribution >= 4 is 29.0 Å². The van der Waals surface area contributed by atoms with Crippen LogP contribution >= 0.6 is 0 Å². The molecule has 0 saturated carbocycles. The van der Waals surface area contributed by atoms with Crippen molar-refractivity contribution in [1.82, 2.24) is 0 Å². The van der Waals surface area contributed by atoms with Gasteiger partial charge in [-0.15, -0.1) is 0 Å². The number of rotatable bonds is 0. The molecule has 0 aliphatic carbocycles. The Balaban J connectivity index is -0.00000000214. The Kier molecular flexibility index (Phi) is 297. The van der Waals surface area contributed by atoms with Crippen LogP contribution < -0.4 is 0 Å². The summed E-state index contributed by atoms with van der Waals surface area (Å²) < 4.78 is 0. The first kappa shape index (κ1) is 62.6. The third-order valence-electron chi connectivity index (χ3n) is 0. The van der Waals surface area contributed by atoms with Crippen molar-refractivity contribution < 1.29 is 34.7 Å². The minimum atomic E-state index is -0.833. The Morgan fingerprint density at radius 2 is 1.22 bits per heavy atom. The first-order valence-electron chi connectivity index (χ1n) is 0.928. The SMILES string of the molecule is CC(=O)O.O.O.O.O.[H-].[H-].[Mg+2]. The summed E-state index contributed by atoms with van der Waals surface area (Å²) in [6.07, 6.45) is 0. The van der Waals surface area contributed by atoms with E-state index in [1.54, 1.807) is 0 Å². The summed E-state index contributed by atoms with van der Waals surface area (Å²) >= 11 is 0. The van der Waals surface area contributed by atoms with Gasteiger partial charge in [-0.3, -0.25) is 4.79 Å². The molecule has 60 valence electrons. The van der Waals surface area contributed by atoms with Gasteiger partial charge in [0.05, 0.1) is 0 Å². The van der Waals surface area contributed by atoms with Gasteiger partial charge in [0.25, 0.3) is 5.97 Å². The summed E-state index contributed by atoms with van der Waals surface area (Å²) in [6.45, 7) is 1.08. The number of carbonyl (C=O) groups is 1. The molecular weight excluding hydrogens is 144 g/mol. The molecule has 0 fully saturated rings. The second kappa shape index (κ2) is 42.7. The summed E-state index contributed by atoms with van der Waals surface area (Å²) in [7, 11) is 0. The average molecular weight is 158 g/mol. The second-order valence-corrected chi connectivity index (χ2v) is 0.519. The van der Waals surface area contributed by atoms with Crippen LogP contribution in [0.1, 0.15) is 9.78 Å². The topological polar surface area (TPSA) is 163 Å². The molecule has 0 aromatic carbocycles. The van der Waals surface area contributed by atoms with Gasteiger partial charge in [-0.1, -0.05) is 0 Å². The molecule has 0 unspecified atom stereocenters. The largest absolute Gasteiger partial charge is 2.00 e. The van der Waals surface area contributed by atoms with Crippen LogP contribution in [0.25, 0.3) is 0 Å². The molecular formula is C2H14MgO6. The van der Waals surface area contributed by atoms with E-state index >= 15 is 0 Å². The van der Waals surface area contributed by atoms with Crippen molar-refractivity contribution in [2.45, 2.75) is 6.92 Å². The van der Waals surface area contributed by atoms with Gasteiger partial charge >= 0.3 is 23.1 Å². The van der Waals surface area contributed by atoms with Crippen LogP contribution in [0.2, 0.25) is 0 Å². The maximum Gasteiger partial charge on any atom is 2.00 e. The summed E-state index contributed by atoms with van der Waals surface area (Å²) in [5.74, 6) is -0.833. The molecule has 9 N–H and O–H groups in total. The zero-order valence-electron chi connectivity index (χ0n) is 7.06. The van der Waals surface area contributed by atoms with Gasteiger partial charge in [-0.05, 0) is 0 Å². The Morgan fingerprint density at radius 1 is 1.22 bits per heavy atom. The molecule has 0 spiro atoms. The van der Waals surface area contributed by atoms with E-state index in [-0.39, 0.29) is 47.8 Å². The number of carboxylic acid groups (broad SMARTS) is 1. The standard InChI is InChI=1S/C2H4O2.Mg.4H2O.2H/c1-2(3)4;;;;;;;/h1H3,(H,3,4);;4*1H2;;/q;+2;;;;;2*-1. The molecule has 0 heterocycles. The predicted octanol–water partition coefficient (Wildman–Crippen LogP) is -3.36. The van der Waals surface area contributed by atoms with E-state index in [0.717, 1.165) is 6.92 Å². The van der Waals surface area contributed by atoms with E-state index < -0.39 is 5.97 Å². The van der Waals surface area contributed by atoms with Gasteiger partial charge in [0.2, 0.25) is 0 Å². The summed E-state index contributed by atoms with van der Waals surface area (Å²) in [5.41, 5.74) is 0. The predicted molar refractivity (Wildman–Crippen MR) is 35.7 cm³/mol. The quantitative estimate of drug-likeness (QED) is 0.364. The zero-order valence-corrected chi connectivity index (χ0v) is 6.48. The summed E-state index contributed by atoms with van der Waals surface area (Å²) in [4.78, 5) is 9.00. The Bertz CT molecular complexity index is 41.6. The third-order valence-corrected chi connectivity index (χ3v) is 0. The van der Waals surface area contributed by atoms with Crippen molar-refractivity contribution in [3.63, 3.8) is 0 Å². The van der Waals surface area contributed by atoms with Gasteiger partial charge in [-0.2, -0.15) is 0 Å². The minimum absolute atomic E-state index is 0. The molecule has 0 aliphatic heterocycles. The molecule has 7 heteroatoms. The Hall–Kier alpha value is 0.0762. The van der Waals surface area contributed by atoms with Crippen LogP contribution in [0, 0.1) is 0 Å². The van der Waals surface area contributed by atoms with Crippen molar-refractivity contribution in [3.05, 3.63) is 0 Å². The molecule has 0 bridgehead atoms. The molecule has 0 atom stereocenters. The molecule has 0 rings (SSSR count). The molecule has 0 amide bonds. The number of hydrogen-bond acceptors (Lipinski definition) is 1. The fraction of sp³-hybridized carbons (Fsp3) is 0.500. The first-order valence-corrected chi connectivity index (χ1v) is 0.928. The van der Waals surface area contributed by atoms with Gasteiger partial charge in [0.1, 0.15) is 0 Å². The normalized spacial score (nSPS) is 2.78. The zero-order chi connectivity index (χ0) is 3.58. The van der Waals surface area contributed by atoms with Crippen LogP contribution in [-0.4, -0.2) is 56.0 Å². The van der Waals surface area contributed by atoms with Crippen LogP contribution in [-0.2, 0) is 4.79 Å². The summed E-state index contributed by atoms with van der Waals surface area (Å²) in [5, 5.41) is 7.42. The molecule has 0 aromatic rings. The van der Waals surface area contributed by atoms with E-state index in [1.165, 1.54) is 0 Å². The molecule has 0 radical (unpaired) electrons. The third kappa shape index (κ3) is 51300. The molecule has 9 heavy (non-hydrogen) atoms. The monoisotopic (exact) mass is 158 g/mol. The van der Waals surface area contributed by atoms with Crippen LogP contribution in [0.15, 0.2) is 0 Å². The van der Waals surface area contributed by atoms with Gasteiger partial charge in [-0.25, -0.2) is 0 Å². The maximum atomic E-state index is 9.00. The van der Waals surface area contributed by atoms with Gasteiger partial charge in [0.15, 0.2) is 0 Å². The van der Waals surface area contributed by atoms with Crippen molar-refractivity contribution in [2.24, 2.45) is 0 Å². The van der Waals surface area contributed by atoms with E-state index in [2.05, 4.69) is 0 Å². The van der Waals surface area contributed by atoms with E-state index in [1.807, 2.05) is 0 Å². The fourth-order valence-electron chi connectivity index (χ4n) is 0. The molecule has 0 aromatic heterocycles. The number of aliphatic carboxylic acids is 1. The van der Waals surface area contributed by atoms with Gasteiger partial charge in [0, 0.05) is 6.92 Å². The van der Waals surface area contributed by atoms with Crippen molar-refractivity contribution in [3.8, 4) is 0 Å². The van der Waals surface area contributed by atoms with Gasteiger partial charge < -0.3 is 29.9 Å². The minimum Gasteiger partial charge on any atom is -1.00 e. The maximum absolute atomic E-state index is 9.00. The van der Waals surface area contributed by atoms with Crippen LogP contribution in [0.5, 0.6) is 0 Å².